The summed E-state index contributed by atoms with van der Waals surface area (Å²) < 4.78 is 0. The van der Waals surface area contributed by atoms with Gasteiger partial charge in [-0.05, 0) is 37.1 Å². The van der Waals surface area contributed by atoms with Gasteiger partial charge in [0.25, 0.3) is 0 Å². The minimum absolute atomic E-state index is 0.625. The smallest absolute Gasteiger partial charge is 0.0627 e. The molecule has 0 radical (unpaired) electrons. The fourth-order valence-corrected chi connectivity index (χ4v) is 2.96. The van der Waals surface area contributed by atoms with Crippen LogP contribution in [-0.4, -0.2) is 13.1 Å². The molecule has 146 valence electrons. The second-order valence-corrected chi connectivity index (χ2v) is 6.75. The van der Waals surface area contributed by atoms with Crippen LogP contribution in [-0.2, 0) is 0 Å². The summed E-state index contributed by atoms with van der Waals surface area (Å²) in [6.07, 6.45) is 11.4. The highest BCUT2D eigenvalue weighted by Gasteiger charge is 2.10. The van der Waals surface area contributed by atoms with Crippen LogP contribution in [0.2, 0.25) is 0 Å². The van der Waals surface area contributed by atoms with Crippen LogP contribution in [0.4, 0.5) is 11.4 Å². The lowest BCUT2D eigenvalue weighted by atomic mass is 10.1. The molecule has 0 fully saturated rings. The first-order valence-corrected chi connectivity index (χ1v) is 10.1. The third-order valence-electron chi connectivity index (χ3n) is 4.59. The highest BCUT2D eigenvalue weighted by atomic mass is 16.3. The van der Waals surface area contributed by atoms with Crippen LogP contribution in [0.25, 0.3) is 0 Å². The van der Waals surface area contributed by atoms with E-state index in [1.807, 2.05) is 24.3 Å². The molecule has 0 spiro atoms. The van der Waals surface area contributed by atoms with Gasteiger partial charge in [0.2, 0.25) is 0 Å². The Bertz CT molecular complexity index is 448. The van der Waals surface area contributed by atoms with E-state index in [2.05, 4.69) is 24.4 Å². The van der Waals surface area contributed by atoms with Gasteiger partial charge in [-0.3, -0.25) is 0 Å². The summed E-state index contributed by atoms with van der Waals surface area (Å²) in [4.78, 5) is 22.3. The Morgan fingerprint density at radius 3 is 1.27 bits per heavy atom. The van der Waals surface area contributed by atoms with Crippen molar-refractivity contribution >= 4 is 11.4 Å². The zero-order valence-electron chi connectivity index (χ0n) is 16.4. The van der Waals surface area contributed by atoms with E-state index in [-0.39, 0.29) is 0 Å². The molecule has 0 heterocycles. The second-order valence-electron chi connectivity index (χ2n) is 6.75. The van der Waals surface area contributed by atoms with E-state index in [4.69, 9.17) is 0 Å². The first kappa shape index (κ1) is 22.1. The Morgan fingerprint density at radius 1 is 0.615 bits per heavy atom. The maximum atomic E-state index is 11.1. The van der Waals surface area contributed by atoms with Crippen molar-refractivity contribution < 1.29 is 0 Å². The molecule has 0 unspecified atom stereocenters. The summed E-state index contributed by atoms with van der Waals surface area (Å²) >= 11 is 0. The summed E-state index contributed by atoms with van der Waals surface area (Å²) in [5, 5.41) is 9.24. The van der Waals surface area contributed by atoms with Crippen molar-refractivity contribution in [3.63, 3.8) is 0 Å². The first-order chi connectivity index (χ1) is 12.8. The predicted octanol–water partition coefficient (Wildman–Crippen LogP) is 6.60. The molecule has 0 aliphatic rings. The highest BCUT2D eigenvalue weighted by Crippen LogP contribution is 2.22. The van der Waals surface area contributed by atoms with E-state index in [1.54, 1.807) is 0 Å². The molecule has 0 bridgehead atoms. The molecule has 1 rings (SSSR count). The largest absolute Gasteiger partial charge is 0.229 e. The van der Waals surface area contributed by atoms with Crippen LogP contribution in [0.15, 0.2) is 34.8 Å². The minimum Gasteiger partial charge on any atom is -0.229 e. The zero-order valence-corrected chi connectivity index (χ0v) is 16.4. The van der Waals surface area contributed by atoms with Gasteiger partial charge in [-0.2, -0.15) is 0 Å². The molecule has 26 heavy (non-hydrogen) atoms. The Balaban J connectivity index is 2.50. The van der Waals surface area contributed by atoms with Gasteiger partial charge in [0, 0.05) is 13.1 Å². The number of benzene rings is 1. The van der Waals surface area contributed by atoms with Gasteiger partial charge in [0.1, 0.15) is 0 Å². The van der Waals surface area contributed by atoms with Crippen molar-refractivity contribution in [1.29, 1.82) is 0 Å². The van der Waals surface area contributed by atoms with Crippen LogP contribution in [0.3, 0.4) is 0 Å². The van der Waals surface area contributed by atoms with Crippen LogP contribution in [0.5, 0.6) is 0 Å². The predicted molar refractivity (Wildman–Crippen MR) is 110 cm³/mol. The average molecular weight is 363 g/mol. The van der Waals surface area contributed by atoms with Gasteiger partial charge in [-0.25, -0.2) is 10.0 Å². The third-order valence-corrected chi connectivity index (χ3v) is 4.59. The molecule has 0 aliphatic carbocycles. The van der Waals surface area contributed by atoms with E-state index in [1.165, 1.54) is 48.5 Å². The molecule has 1 aromatic rings. The van der Waals surface area contributed by atoms with Crippen molar-refractivity contribution in [3.8, 4) is 0 Å². The van der Waals surface area contributed by atoms with Crippen LogP contribution < -0.4 is 10.0 Å². The molecular weight excluding hydrogens is 328 g/mol. The third kappa shape index (κ3) is 8.41. The number of unbranched alkanes of at least 4 members (excludes halogenated alkanes) is 8. The fraction of sp³-hybridized carbons (Fsp3) is 0.700. The fourth-order valence-electron chi connectivity index (χ4n) is 2.96. The average Bonchev–Trinajstić information content (AvgIpc) is 2.68. The lowest BCUT2D eigenvalue weighted by Gasteiger charge is -2.18. The Kier molecular flexibility index (Phi) is 12.1. The summed E-state index contributed by atoms with van der Waals surface area (Å²) in [5.41, 5.74) is 1.51. The molecule has 0 saturated carbocycles. The van der Waals surface area contributed by atoms with Crippen LogP contribution in [0.1, 0.15) is 78.1 Å². The second kappa shape index (κ2) is 14.2. The lowest BCUT2D eigenvalue weighted by molar-refractivity contribution is 0.621. The monoisotopic (exact) mass is 362 g/mol. The standard InChI is InChI=1S/C20H34N4O2/c1-3-5-7-9-11-17-23(21-25)19-13-15-20(16-14-19)24(22-26)18-12-10-8-6-4-2/h13-16H,3-12,17-18H2,1-2H3. The van der Waals surface area contributed by atoms with Gasteiger partial charge >= 0.3 is 0 Å². The van der Waals surface area contributed by atoms with Crippen molar-refractivity contribution in [1.82, 2.24) is 0 Å². The maximum absolute atomic E-state index is 11.1. The Hall–Kier alpha value is -1.98. The molecule has 0 aromatic heterocycles. The normalized spacial score (nSPS) is 10.5. The Morgan fingerprint density at radius 2 is 0.962 bits per heavy atom. The van der Waals surface area contributed by atoms with Gasteiger partial charge in [0.15, 0.2) is 0 Å². The lowest BCUT2D eigenvalue weighted by Crippen LogP contribution is -2.18. The van der Waals surface area contributed by atoms with Gasteiger partial charge < -0.3 is 0 Å². The Labute approximate surface area is 157 Å². The van der Waals surface area contributed by atoms with Gasteiger partial charge in [-0.1, -0.05) is 65.2 Å². The molecule has 0 saturated heterocycles. The zero-order chi connectivity index (χ0) is 19.0. The van der Waals surface area contributed by atoms with E-state index in [0.717, 1.165) is 37.1 Å². The SMILES string of the molecule is CCCCCCCN(N=O)c1ccc(N(CCCCCCC)N=O)cc1. The quantitative estimate of drug-likeness (QED) is 0.189. The number of nitroso groups, excluding NO2 is 2. The molecular formula is C20H34N4O2. The molecule has 1 aromatic carbocycles. The molecule has 0 atom stereocenters. The van der Waals surface area contributed by atoms with Crippen molar-refractivity contribution in [2.24, 2.45) is 10.6 Å². The summed E-state index contributed by atoms with van der Waals surface area (Å²) in [5.74, 6) is 0. The molecule has 6 heteroatoms. The van der Waals surface area contributed by atoms with E-state index >= 15 is 0 Å². The van der Waals surface area contributed by atoms with E-state index < -0.39 is 0 Å². The van der Waals surface area contributed by atoms with E-state index in [0.29, 0.717) is 13.1 Å². The summed E-state index contributed by atoms with van der Waals surface area (Å²) in [7, 11) is 0. The van der Waals surface area contributed by atoms with Crippen LogP contribution in [0, 0.1) is 9.81 Å². The highest BCUT2D eigenvalue weighted by molar-refractivity contribution is 5.55. The van der Waals surface area contributed by atoms with Crippen molar-refractivity contribution in [2.75, 3.05) is 23.1 Å². The number of rotatable bonds is 16. The van der Waals surface area contributed by atoms with Crippen LogP contribution >= 0.6 is 0 Å². The maximum Gasteiger partial charge on any atom is 0.0627 e. The van der Waals surface area contributed by atoms with Gasteiger partial charge in [-0.15, -0.1) is 9.81 Å². The molecule has 0 N–H and O–H groups in total. The molecule has 6 nitrogen and oxygen atoms in total. The first-order valence-electron chi connectivity index (χ1n) is 10.1. The molecule has 0 amide bonds. The number of nitrogens with zero attached hydrogens (tertiary/aromatic N) is 4. The number of anilines is 2. The van der Waals surface area contributed by atoms with E-state index in [9.17, 15) is 9.81 Å². The van der Waals surface area contributed by atoms with Gasteiger partial charge in [0.05, 0.1) is 21.9 Å². The number of hydrogen-bond acceptors (Lipinski definition) is 4. The van der Waals surface area contributed by atoms with Crippen molar-refractivity contribution in [3.05, 3.63) is 34.1 Å². The van der Waals surface area contributed by atoms with Crippen molar-refractivity contribution in [2.45, 2.75) is 78.1 Å². The summed E-state index contributed by atoms with van der Waals surface area (Å²) in [6.45, 7) is 5.62. The number of hydrogen-bond donors (Lipinski definition) is 0. The summed E-state index contributed by atoms with van der Waals surface area (Å²) in [6, 6.07) is 7.33. The topological polar surface area (TPSA) is 65.3 Å². The minimum atomic E-state index is 0.625. The molecule has 0 aliphatic heterocycles.